The van der Waals surface area contributed by atoms with Gasteiger partial charge in [-0.05, 0) is 36.2 Å². The molecular formula is C20H21N9O2S. The third-order valence-corrected chi connectivity index (χ3v) is 7.20. The van der Waals surface area contributed by atoms with Crippen LogP contribution in [0.15, 0.2) is 36.7 Å². The highest BCUT2D eigenvalue weighted by Crippen LogP contribution is 2.32. The number of benzene rings is 1. The smallest absolute Gasteiger partial charge is 0.234 e. The molecule has 3 aromatic heterocycles. The molecule has 1 aromatic carbocycles. The van der Waals surface area contributed by atoms with Gasteiger partial charge in [-0.1, -0.05) is 0 Å². The number of hydrogen-bond donors (Lipinski definition) is 3. The number of nitrogen functional groups attached to an aromatic ring is 2. The minimum atomic E-state index is -3.36. The number of pyridine rings is 1. The van der Waals surface area contributed by atoms with Gasteiger partial charge in [0.25, 0.3) is 0 Å². The predicted octanol–water partition coefficient (Wildman–Crippen LogP) is 1.84. The summed E-state index contributed by atoms with van der Waals surface area (Å²) in [6.07, 6.45) is 3.37. The molecule has 164 valence electrons. The molecule has 4 aromatic rings. The van der Waals surface area contributed by atoms with Gasteiger partial charge >= 0.3 is 0 Å². The summed E-state index contributed by atoms with van der Waals surface area (Å²) in [7, 11) is -1.81. The molecule has 12 heteroatoms. The molecule has 0 saturated heterocycles. The number of nitrogens with two attached hydrogens (primary N) is 2. The number of fused-ring (bicyclic) bond motifs is 2. The summed E-state index contributed by atoms with van der Waals surface area (Å²) in [5.41, 5.74) is 17.4. The number of anilines is 4. The first-order valence-corrected chi connectivity index (χ1v) is 11.4. The molecule has 0 atom stereocenters. The average molecular weight is 452 g/mol. The summed E-state index contributed by atoms with van der Waals surface area (Å²) in [6, 6.07) is 7.39. The van der Waals surface area contributed by atoms with Crippen LogP contribution in [0.2, 0.25) is 0 Å². The molecule has 5 N–H and O–H groups in total. The van der Waals surface area contributed by atoms with Crippen LogP contribution in [0.25, 0.3) is 22.0 Å². The Morgan fingerprint density at radius 3 is 2.66 bits per heavy atom. The second-order valence-corrected chi connectivity index (χ2v) is 9.82. The van der Waals surface area contributed by atoms with E-state index in [2.05, 4.69) is 25.6 Å². The maximum atomic E-state index is 12.1. The topological polar surface area (TPSA) is 158 Å². The lowest BCUT2D eigenvalue weighted by atomic mass is 9.99. The average Bonchev–Trinajstić information content (AvgIpc) is 3.10. The van der Waals surface area contributed by atoms with Gasteiger partial charge < -0.3 is 16.8 Å². The largest absolute Gasteiger partial charge is 0.397 e. The molecule has 32 heavy (non-hydrogen) atoms. The number of nitrogens with one attached hydrogen (secondary N) is 1. The Bertz CT molecular complexity index is 1480. The van der Waals surface area contributed by atoms with Crippen LogP contribution in [0, 0.1) is 6.92 Å². The number of hydrogen-bond acceptors (Lipinski definition) is 9. The molecule has 5 rings (SSSR count). The molecule has 0 saturated carbocycles. The van der Waals surface area contributed by atoms with E-state index < -0.39 is 10.0 Å². The summed E-state index contributed by atoms with van der Waals surface area (Å²) < 4.78 is 26.9. The van der Waals surface area contributed by atoms with E-state index in [4.69, 9.17) is 11.5 Å². The van der Waals surface area contributed by atoms with Crippen molar-refractivity contribution in [3.63, 3.8) is 0 Å². The monoisotopic (exact) mass is 451 g/mol. The SMILES string of the molecule is Cc1c(N)cncc1-c1cc(N)c2nnc(Nc3cc4n(n3)CS(=O)(=O)N(C)C4)cc2c1. The zero-order valence-corrected chi connectivity index (χ0v) is 18.3. The van der Waals surface area contributed by atoms with Crippen molar-refractivity contribution in [2.24, 2.45) is 0 Å². The minimum absolute atomic E-state index is 0.197. The van der Waals surface area contributed by atoms with E-state index in [1.165, 1.54) is 8.99 Å². The van der Waals surface area contributed by atoms with Crippen LogP contribution >= 0.6 is 0 Å². The van der Waals surface area contributed by atoms with Crippen molar-refractivity contribution in [1.29, 1.82) is 0 Å². The van der Waals surface area contributed by atoms with Crippen molar-refractivity contribution < 1.29 is 8.42 Å². The number of aromatic nitrogens is 5. The number of rotatable bonds is 3. The highest BCUT2D eigenvalue weighted by Gasteiger charge is 2.28. The van der Waals surface area contributed by atoms with Gasteiger partial charge in [-0.15, -0.1) is 10.2 Å². The molecule has 4 heterocycles. The molecular weight excluding hydrogens is 430 g/mol. The zero-order valence-electron chi connectivity index (χ0n) is 17.4. The van der Waals surface area contributed by atoms with E-state index in [1.807, 2.05) is 25.1 Å². The summed E-state index contributed by atoms with van der Waals surface area (Å²) >= 11 is 0. The molecule has 0 unspecified atom stereocenters. The summed E-state index contributed by atoms with van der Waals surface area (Å²) in [6.45, 7) is 2.19. The molecule has 1 aliphatic heterocycles. The molecule has 0 bridgehead atoms. The molecule has 0 spiro atoms. The Morgan fingerprint density at radius 2 is 1.84 bits per heavy atom. The van der Waals surface area contributed by atoms with E-state index in [0.717, 1.165) is 27.8 Å². The molecule has 11 nitrogen and oxygen atoms in total. The van der Waals surface area contributed by atoms with Crippen molar-refractivity contribution in [3.8, 4) is 11.1 Å². The Morgan fingerprint density at radius 1 is 1.03 bits per heavy atom. The third kappa shape index (κ3) is 3.39. The van der Waals surface area contributed by atoms with Gasteiger partial charge in [0.05, 0.1) is 29.8 Å². The van der Waals surface area contributed by atoms with Crippen LogP contribution < -0.4 is 16.8 Å². The first-order chi connectivity index (χ1) is 15.2. The van der Waals surface area contributed by atoms with Crippen molar-refractivity contribution in [2.45, 2.75) is 19.3 Å². The molecule has 0 radical (unpaired) electrons. The fourth-order valence-electron chi connectivity index (χ4n) is 3.70. The fraction of sp³-hybridized carbons (Fsp3) is 0.200. The summed E-state index contributed by atoms with van der Waals surface area (Å²) in [5.74, 6) is 0.750. The molecule has 0 aliphatic carbocycles. The van der Waals surface area contributed by atoms with Crippen LogP contribution in [0.5, 0.6) is 0 Å². The van der Waals surface area contributed by atoms with Crippen LogP contribution in [-0.4, -0.2) is 44.7 Å². The first-order valence-electron chi connectivity index (χ1n) is 9.76. The van der Waals surface area contributed by atoms with Crippen LogP contribution in [-0.2, 0) is 22.4 Å². The van der Waals surface area contributed by atoms with Crippen molar-refractivity contribution in [3.05, 3.63) is 47.9 Å². The zero-order chi connectivity index (χ0) is 22.6. The third-order valence-electron chi connectivity index (χ3n) is 5.55. The van der Waals surface area contributed by atoms with Gasteiger partial charge in [0.15, 0.2) is 17.5 Å². The van der Waals surface area contributed by atoms with E-state index in [0.29, 0.717) is 28.5 Å². The van der Waals surface area contributed by atoms with E-state index in [9.17, 15) is 8.42 Å². The van der Waals surface area contributed by atoms with Gasteiger partial charge in [0, 0.05) is 30.3 Å². The van der Waals surface area contributed by atoms with Crippen molar-refractivity contribution in [1.82, 2.24) is 29.3 Å². The second kappa shape index (κ2) is 7.14. The van der Waals surface area contributed by atoms with Gasteiger partial charge in [-0.2, -0.15) is 9.40 Å². The second-order valence-electron chi connectivity index (χ2n) is 7.78. The summed E-state index contributed by atoms with van der Waals surface area (Å²) in [5, 5.41) is 16.7. The van der Waals surface area contributed by atoms with E-state index >= 15 is 0 Å². The van der Waals surface area contributed by atoms with E-state index in [1.54, 1.807) is 25.5 Å². The maximum absolute atomic E-state index is 12.1. The summed E-state index contributed by atoms with van der Waals surface area (Å²) in [4.78, 5) is 4.19. The van der Waals surface area contributed by atoms with Crippen molar-refractivity contribution >= 4 is 43.9 Å². The standard InChI is InChI=1S/C20H21N9O2S/c1-11-15(7-23-8-17(11)22)12-3-13-5-18(25-26-20(13)16(21)4-12)24-19-6-14-9-28(2)32(30,31)10-29(14)27-19/h3-8H,9-10,21-22H2,1-2H3,(H,24,25,27). The minimum Gasteiger partial charge on any atom is -0.397 e. The lowest BCUT2D eigenvalue weighted by Crippen LogP contribution is -2.35. The highest BCUT2D eigenvalue weighted by molar-refractivity contribution is 7.88. The molecule has 1 aliphatic rings. The van der Waals surface area contributed by atoms with Gasteiger partial charge in [0.1, 0.15) is 5.52 Å². The lowest BCUT2D eigenvalue weighted by molar-refractivity contribution is 0.415. The van der Waals surface area contributed by atoms with Crippen LogP contribution in [0.1, 0.15) is 11.3 Å². The first kappa shape index (κ1) is 20.2. The van der Waals surface area contributed by atoms with Gasteiger partial charge in [-0.3, -0.25) is 4.98 Å². The van der Waals surface area contributed by atoms with Crippen LogP contribution in [0.3, 0.4) is 0 Å². The highest BCUT2D eigenvalue weighted by atomic mass is 32.2. The van der Waals surface area contributed by atoms with Crippen LogP contribution in [0.4, 0.5) is 23.0 Å². The lowest BCUT2D eigenvalue weighted by Gasteiger charge is -2.22. The number of sulfonamides is 1. The van der Waals surface area contributed by atoms with Crippen molar-refractivity contribution in [2.75, 3.05) is 23.8 Å². The Balaban J connectivity index is 1.51. The van der Waals surface area contributed by atoms with E-state index in [-0.39, 0.29) is 12.4 Å². The van der Waals surface area contributed by atoms with Gasteiger partial charge in [-0.25, -0.2) is 13.1 Å². The van der Waals surface area contributed by atoms with Gasteiger partial charge in [0.2, 0.25) is 10.0 Å². The fourth-order valence-corrected chi connectivity index (χ4v) is 4.76. The molecule has 0 amide bonds. The number of nitrogens with zero attached hydrogens (tertiary/aromatic N) is 6. The maximum Gasteiger partial charge on any atom is 0.234 e. The Labute approximate surface area is 184 Å². The Kier molecular flexibility index (Phi) is 4.50. The normalized spacial score (nSPS) is 15.6. The molecule has 0 fully saturated rings. The Hall–Kier alpha value is -3.77. The quantitative estimate of drug-likeness (QED) is 0.395. The predicted molar refractivity (Wildman–Crippen MR) is 122 cm³/mol.